The molecule has 0 saturated heterocycles. The lowest BCUT2D eigenvalue weighted by Crippen LogP contribution is -2.06. The Kier molecular flexibility index (Phi) is 2.33. The molecule has 0 aliphatic carbocycles. The molecule has 0 atom stereocenters. The third kappa shape index (κ3) is 1.93. The first-order valence-corrected chi connectivity index (χ1v) is 4.47. The summed E-state index contributed by atoms with van der Waals surface area (Å²) in [4.78, 5) is 17.4. The van der Waals surface area contributed by atoms with Gasteiger partial charge in [0.25, 0.3) is 5.56 Å². The molecule has 1 heterocycles. The van der Waals surface area contributed by atoms with Gasteiger partial charge in [0.05, 0.1) is 18.1 Å². The fraction of sp³-hybridized carbons (Fsp3) is 0.0909. The summed E-state index contributed by atoms with van der Waals surface area (Å²) in [7, 11) is 0. The second-order valence-electron chi connectivity index (χ2n) is 3.27. The van der Waals surface area contributed by atoms with Crippen LogP contribution in [0.15, 0.2) is 35.4 Å². The third-order valence-electron chi connectivity index (χ3n) is 2.14. The minimum atomic E-state index is -0.333. The molecule has 0 spiro atoms. The summed E-state index contributed by atoms with van der Waals surface area (Å²) in [6.45, 7) is 1.85. The van der Waals surface area contributed by atoms with Crippen molar-refractivity contribution >= 4 is 0 Å². The Morgan fingerprint density at radius 2 is 2.13 bits per heavy atom. The van der Waals surface area contributed by atoms with Crippen LogP contribution >= 0.6 is 0 Å². The molecule has 0 fully saturated rings. The van der Waals surface area contributed by atoms with Gasteiger partial charge in [0.15, 0.2) is 0 Å². The lowest BCUT2D eigenvalue weighted by atomic mass is 10.1. The van der Waals surface area contributed by atoms with Gasteiger partial charge in [-0.15, -0.1) is 0 Å². The first kappa shape index (κ1) is 9.58. The highest BCUT2D eigenvalue weighted by Crippen LogP contribution is 2.20. The lowest BCUT2D eigenvalue weighted by molar-refractivity contribution is 0.628. The SMILES string of the molecule is Cc1ccc(F)cc1-c1cncc(=O)[nH]1. The van der Waals surface area contributed by atoms with Gasteiger partial charge in [-0.2, -0.15) is 0 Å². The second kappa shape index (κ2) is 3.65. The number of aromatic nitrogens is 2. The van der Waals surface area contributed by atoms with Gasteiger partial charge in [0.2, 0.25) is 0 Å². The highest BCUT2D eigenvalue weighted by atomic mass is 19.1. The molecule has 0 aliphatic rings. The Balaban J connectivity index is 2.63. The van der Waals surface area contributed by atoms with E-state index in [2.05, 4.69) is 9.97 Å². The zero-order chi connectivity index (χ0) is 10.8. The van der Waals surface area contributed by atoms with Gasteiger partial charge in [-0.1, -0.05) is 6.07 Å². The fourth-order valence-electron chi connectivity index (χ4n) is 1.40. The molecule has 0 bridgehead atoms. The number of nitrogens with zero attached hydrogens (tertiary/aromatic N) is 1. The molecule has 0 saturated carbocycles. The van der Waals surface area contributed by atoms with Crippen molar-refractivity contribution in [3.63, 3.8) is 0 Å². The zero-order valence-corrected chi connectivity index (χ0v) is 8.12. The molecule has 3 nitrogen and oxygen atoms in total. The topological polar surface area (TPSA) is 45.8 Å². The largest absolute Gasteiger partial charge is 0.319 e. The van der Waals surface area contributed by atoms with E-state index < -0.39 is 0 Å². The molecule has 1 aromatic heterocycles. The predicted molar refractivity (Wildman–Crippen MR) is 55.0 cm³/mol. The van der Waals surface area contributed by atoms with Crippen LogP contribution in [0.2, 0.25) is 0 Å². The quantitative estimate of drug-likeness (QED) is 0.770. The number of benzene rings is 1. The first-order valence-electron chi connectivity index (χ1n) is 4.47. The highest BCUT2D eigenvalue weighted by molar-refractivity contribution is 5.62. The smallest absolute Gasteiger partial charge is 0.266 e. The van der Waals surface area contributed by atoms with E-state index in [1.54, 1.807) is 6.07 Å². The predicted octanol–water partition coefficient (Wildman–Crippen LogP) is 1.88. The van der Waals surface area contributed by atoms with Crippen LogP contribution in [0.1, 0.15) is 5.56 Å². The van der Waals surface area contributed by atoms with E-state index in [-0.39, 0.29) is 11.4 Å². The number of nitrogens with one attached hydrogen (secondary N) is 1. The summed E-state index contributed by atoms with van der Waals surface area (Å²) in [5, 5.41) is 0. The molecule has 4 heteroatoms. The number of aromatic amines is 1. The van der Waals surface area contributed by atoms with E-state index in [0.29, 0.717) is 11.3 Å². The molecule has 1 aromatic carbocycles. The summed E-state index contributed by atoms with van der Waals surface area (Å²) >= 11 is 0. The Labute approximate surface area is 85.6 Å². The molecule has 0 amide bonds. The van der Waals surface area contributed by atoms with Crippen LogP contribution in [0.4, 0.5) is 4.39 Å². The maximum absolute atomic E-state index is 13.0. The zero-order valence-electron chi connectivity index (χ0n) is 8.12. The molecule has 76 valence electrons. The average Bonchev–Trinajstić information content (AvgIpc) is 2.22. The van der Waals surface area contributed by atoms with E-state index in [4.69, 9.17) is 0 Å². The summed E-state index contributed by atoms with van der Waals surface area (Å²) in [5.41, 5.74) is 1.77. The Morgan fingerprint density at radius 1 is 1.33 bits per heavy atom. The van der Waals surface area contributed by atoms with Crippen molar-refractivity contribution < 1.29 is 4.39 Å². The first-order chi connectivity index (χ1) is 7.16. The molecule has 2 rings (SSSR count). The van der Waals surface area contributed by atoms with Gasteiger partial charge in [-0.25, -0.2) is 4.39 Å². The Bertz CT molecular complexity index is 548. The molecule has 0 unspecified atom stereocenters. The van der Waals surface area contributed by atoms with Gasteiger partial charge in [-0.05, 0) is 24.6 Å². The molecule has 15 heavy (non-hydrogen) atoms. The summed E-state index contributed by atoms with van der Waals surface area (Å²) in [5.74, 6) is -0.333. The number of rotatable bonds is 1. The third-order valence-corrected chi connectivity index (χ3v) is 2.14. The lowest BCUT2D eigenvalue weighted by Gasteiger charge is -2.04. The number of halogens is 1. The van der Waals surface area contributed by atoms with Crippen molar-refractivity contribution in [2.24, 2.45) is 0 Å². The summed E-state index contributed by atoms with van der Waals surface area (Å²) in [6, 6.07) is 4.42. The van der Waals surface area contributed by atoms with Crippen LogP contribution < -0.4 is 5.56 Å². The van der Waals surface area contributed by atoms with Gasteiger partial charge < -0.3 is 4.98 Å². The number of hydrogen-bond donors (Lipinski definition) is 1. The van der Waals surface area contributed by atoms with Gasteiger partial charge in [0.1, 0.15) is 5.82 Å². The normalized spacial score (nSPS) is 10.3. The van der Waals surface area contributed by atoms with E-state index in [9.17, 15) is 9.18 Å². The molecule has 1 N–H and O–H groups in total. The van der Waals surface area contributed by atoms with Crippen LogP contribution in [0.3, 0.4) is 0 Å². The van der Waals surface area contributed by atoms with Crippen LogP contribution in [0, 0.1) is 12.7 Å². The van der Waals surface area contributed by atoms with Crippen LogP contribution in [-0.2, 0) is 0 Å². The van der Waals surface area contributed by atoms with E-state index >= 15 is 0 Å². The van der Waals surface area contributed by atoms with Crippen LogP contribution in [0.25, 0.3) is 11.3 Å². The minimum Gasteiger partial charge on any atom is -0.319 e. The van der Waals surface area contributed by atoms with Crippen molar-refractivity contribution in [2.75, 3.05) is 0 Å². The maximum Gasteiger partial charge on any atom is 0.266 e. The van der Waals surface area contributed by atoms with Crippen LogP contribution in [0.5, 0.6) is 0 Å². The average molecular weight is 204 g/mol. The molecule has 2 aromatic rings. The monoisotopic (exact) mass is 204 g/mol. The van der Waals surface area contributed by atoms with Gasteiger partial charge in [0, 0.05) is 5.56 Å². The molecule has 0 radical (unpaired) electrons. The van der Waals surface area contributed by atoms with E-state index in [1.165, 1.54) is 24.5 Å². The van der Waals surface area contributed by atoms with E-state index in [0.717, 1.165) is 5.56 Å². The summed E-state index contributed by atoms with van der Waals surface area (Å²) in [6.07, 6.45) is 2.68. The number of H-pyrrole nitrogens is 1. The minimum absolute atomic E-state index is 0.295. The van der Waals surface area contributed by atoms with E-state index in [1.807, 2.05) is 6.92 Å². The Morgan fingerprint density at radius 3 is 2.87 bits per heavy atom. The molecule has 0 aliphatic heterocycles. The molecular formula is C11H9FN2O. The van der Waals surface area contributed by atoms with Crippen molar-refractivity contribution in [2.45, 2.75) is 6.92 Å². The van der Waals surface area contributed by atoms with Gasteiger partial charge in [-0.3, -0.25) is 9.78 Å². The van der Waals surface area contributed by atoms with Crippen molar-refractivity contribution in [1.29, 1.82) is 0 Å². The highest BCUT2D eigenvalue weighted by Gasteiger charge is 2.04. The number of hydrogen-bond acceptors (Lipinski definition) is 2. The fourth-order valence-corrected chi connectivity index (χ4v) is 1.40. The second-order valence-corrected chi connectivity index (χ2v) is 3.27. The Hall–Kier alpha value is -1.97. The van der Waals surface area contributed by atoms with Crippen molar-refractivity contribution in [3.05, 3.63) is 52.3 Å². The maximum atomic E-state index is 13.0. The standard InChI is InChI=1S/C11H9FN2O/c1-7-2-3-8(12)4-9(7)10-5-13-6-11(15)14-10/h2-6H,1H3,(H,14,15). The van der Waals surface area contributed by atoms with Gasteiger partial charge >= 0.3 is 0 Å². The number of aryl methyl sites for hydroxylation is 1. The van der Waals surface area contributed by atoms with Crippen molar-refractivity contribution in [1.82, 2.24) is 9.97 Å². The summed E-state index contributed by atoms with van der Waals surface area (Å²) < 4.78 is 13.0. The van der Waals surface area contributed by atoms with Crippen LogP contribution in [-0.4, -0.2) is 9.97 Å². The molecular weight excluding hydrogens is 195 g/mol. The van der Waals surface area contributed by atoms with Crippen molar-refractivity contribution in [3.8, 4) is 11.3 Å².